The van der Waals surface area contributed by atoms with E-state index in [1.165, 1.54) is 0 Å². The van der Waals surface area contributed by atoms with Crippen LogP contribution in [-0.4, -0.2) is 5.78 Å². The Morgan fingerprint density at radius 1 is 0.810 bits per heavy atom. The topological polar surface area (TPSA) is 17.1 Å². The molecule has 0 N–H and O–H groups in total. The smallest absolute Gasteiger partial charge is 0.196 e. The van der Waals surface area contributed by atoms with Crippen molar-refractivity contribution in [3.63, 3.8) is 0 Å². The molecule has 21 heavy (non-hydrogen) atoms. The SMILES string of the molecule is Cc1ccc2ccccc2c1C(=O)c1c(Cl)cccc1Cl. The molecule has 0 amide bonds. The van der Waals surface area contributed by atoms with Crippen molar-refractivity contribution in [3.05, 3.63) is 81.3 Å². The lowest BCUT2D eigenvalue weighted by atomic mass is 9.93. The fourth-order valence-corrected chi connectivity index (χ4v) is 3.09. The van der Waals surface area contributed by atoms with E-state index in [1.807, 2.05) is 43.3 Å². The Labute approximate surface area is 133 Å². The molecule has 0 fully saturated rings. The molecular weight excluding hydrogens is 303 g/mol. The van der Waals surface area contributed by atoms with Gasteiger partial charge in [0.2, 0.25) is 0 Å². The number of carbonyl (C=O) groups excluding carboxylic acids is 1. The molecule has 3 heteroatoms. The fourth-order valence-electron chi connectivity index (χ4n) is 2.52. The van der Waals surface area contributed by atoms with Crippen molar-refractivity contribution >= 4 is 39.8 Å². The van der Waals surface area contributed by atoms with E-state index in [9.17, 15) is 4.79 Å². The molecule has 0 spiro atoms. The first-order valence-corrected chi connectivity index (χ1v) is 7.32. The number of ketones is 1. The van der Waals surface area contributed by atoms with Crippen molar-refractivity contribution in [2.45, 2.75) is 6.92 Å². The van der Waals surface area contributed by atoms with Gasteiger partial charge in [-0.05, 0) is 35.4 Å². The van der Waals surface area contributed by atoms with E-state index in [2.05, 4.69) is 0 Å². The molecule has 0 atom stereocenters. The first kappa shape index (κ1) is 14.1. The van der Waals surface area contributed by atoms with Crippen LogP contribution in [0.1, 0.15) is 21.5 Å². The van der Waals surface area contributed by atoms with Gasteiger partial charge in [-0.1, -0.05) is 65.7 Å². The molecule has 0 aliphatic heterocycles. The van der Waals surface area contributed by atoms with Gasteiger partial charge in [0, 0.05) is 5.56 Å². The van der Waals surface area contributed by atoms with Gasteiger partial charge in [-0.3, -0.25) is 4.79 Å². The van der Waals surface area contributed by atoms with Gasteiger partial charge in [0.15, 0.2) is 5.78 Å². The van der Waals surface area contributed by atoms with Crippen molar-refractivity contribution in [1.29, 1.82) is 0 Å². The van der Waals surface area contributed by atoms with Gasteiger partial charge in [0.1, 0.15) is 0 Å². The lowest BCUT2D eigenvalue weighted by Gasteiger charge is -2.11. The average molecular weight is 315 g/mol. The summed E-state index contributed by atoms with van der Waals surface area (Å²) in [5, 5.41) is 2.69. The van der Waals surface area contributed by atoms with Crippen LogP contribution in [0.5, 0.6) is 0 Å². The highest BCUT2D eigenvalue weighted by Crippen LogP contribution is 2.31. The number of benzene rings is 3. The van der Waals surface area contributed by atoms with E-state index in [0.29, 0.717) is 21.2 Å². The van der Waals surface area contributed by atoms with Crippen LogP contribution in [0.15, 0.2) is 54.6 Å². The van der Waals surface area contributed by atoms with Gasteiger partial charge in [0.05, 0.1) is 15.6 Å². The highest BCUT2D eigenvalue weighted by Gasteiger charge is 2.20. The van der Waals surface area contributed by atoms with Gasteiger partial charge in [0.25, 0.3) is 0 Å². The second kappa shape index (κ2) is 5.51. The van der Waals surface area contributed by atoms with Crippen molar-refractivity contribution in [3.8, 4) is 0 Å². The van der Waals surface area contributed by atoms with Gasteiger partial charge >= 0.3 is 0 Å². The lowest BCUT2D eigenvalue weighted by molar-refractivity contribution is 0.104. The van der Waals surface area contributed by atoms with Crippen molar-refractivity contribution in [1.82, 2.24) is 0 Å². The number of hydrogen-bond acceptors (Lipinski definition) is 1. The molecule has 0 aromatic heterocycles. The summed E-state index contributed by atoms with van der Waals surface area (Å²) in [5.74, 6) is -0.139. The minimum absolute atomic E-state index is 0.139. The summed E-state index contributed by atoms with van der Waals surface area (Å²) < 4.78 is 0. The average Bonchev–Trinajstić information content (AvgIpc) is 2.46. The molecule has 1 nitrogen and oxygen atoms in total. The van der Waals surface area contributed by atoms with Gasteiger partial charge < -0.3 is 0 Å². The quantitative estimate of drug-likeness (QED) is 0.556. The molecule has 3 aromatic rings. The third kappa shape index (κ3) is 2.44. The first-order chi connectivity index (χ1) is 10.1. The molecule has 3 rings (SSSR count). The molecule has 0 radical (unpaired) electrons. The van der Waals surface area contributed by atoms with Crippen LogP contribution in [0, 0.1) is 6.92 Å². The van der Waals surface area contributed by atoms with E-state index in [-0.39, 0.29) is 5.78 Å². The molecule has 0 saturated carbocycles. The zero-order valence-corrected chi connectivity index (χ0v) is 12.9. The van der Waals surface area contributed by atoms with E-state index in [4.69, 9.17) is 23.2 Å². The molecule has 3 aromatic carbocycles. The highest BCUT2D eigenvalue weighted by atomic mass is 35.5. The van der Waals surface area contributed by atoms with E-state index in [0.717, 1.165) is 16.3 Å². The minimum atomic E-state index is -0.139. The largest absolute Gasteiger partial charge is 0.288 e. The Morgan fingerprint density at radius 2 is 1.48 bits per heavy atom. The number of halogens is 2. The highest BCUT2D eigenvalue weighted by molar-refractivity contribution is 6.41. The monoisotopic (exact) mass is 314 g/mol. The van der Waals surface area contributed by atoms with Gasteiger partial charge in [-0.2, -0.15) is 0 Å². The summed E-state index contributed by atoms with van der Waals surface area (Å²) in [7, 11) is 0. The third-order valence-corrected chi connectivity index (χ3v) is 4.18. The standard InChI is InChI=1S/C18H12Cl2O/c1-11-9-10-12-5-2-3-6-13(12)16(11)18(21)17-14(19)7-4-8-15(17)20/h2-10H,1H3. The number of rotatable bonds is 2. The number of carbonyl (C=O) groups is 1. The second-order valence-electron chi connectivity index (χ2n) is 4.90. The van der Waals surface area contributed by atoms with Crippen LogP contribution >= 0.6 is 23.2 Å². The van der Waals surface area contributed by atoms with Crippen LogP contribution in [0.2, 0.25) is 10.0 Å². The Bertz CT molecular complexity index is 833. The van der Waals surface area contributed by atoms with E-state index >= 15 is 0 Å². The predicted octanol–water partition coefficient (Wildman–Crippen LogP) is 5.69. The molecular formula is C18H12Cl2O. The zero-order valence-electron chi connectivity index (χ0n) is 11.4. The Balaban J connectivity index is 2.30. The maximum Gasteiger partial charge on any atom is 0.196 e. The molecule has 0 bridgehead atoms. The number of hydrogen-bond donors (Lipinski definition) is 0. The molecule has 0 aliphatic carbocycles. The maximum atomic E-state index is 13.0. The van der Waals surface area contributed by atoms with Gasteiger partial charge in [-0.25, -0.2) is 0 Å². The summed E-state index contributed by atoms with van der Waals surface area (Å²) in [6.07, 6.45) is 0. The van der Waals surface area contributed by atoms with Crippen molar-refractivity contribution in [2.24, 2.45) is 0 Å². The summed E-state index contributed by atoms with van der Waals surface area (Å²) in [6, 6.07) is 16.9. The Hall–Kier alpha value is -1.83. The fraction of sp³-hybridized carbons (Fsp3) is 0.0556. The molecule has 0 aliphatic rings. The van der Waals surface area contributed by atoms with E-state index < -0.39 is 0 Å². The third-order valence-electron chi connectivity index (χ3n) is 3.55. The van der Waals surface area contributed by atoms with Crippen LogP contribution in [0.4, 0.5) is 0 Å². The maximum absolute atomic E-state index is 13.0. The van der Waals surface area contributed by atoms with Crippen LogP contribution in [0.25, 0.3) is 10.8 Å². The molecule has 0 heterocycles. The van der Waals surface area contributed by atoms with Crippen LogP contribution in [-0.2, 0) is 0 Å². The van der Waals surface area contributed by atoms with Crippen LogP contribution < -0.4 is 0 Å². The van der Waals surface area contributed by atoms with E-state index in [1.54, 1.807) is 18.2 Å². The number of fused-ring (bicyclic) bond motifs is 1. The van der Waals surface area contributed by atoms with Gasteiger partial charge in [-0.15, -0.1) is 0 Å². The Morgan fingerprint density at radius 3 is 2.19 bits per heavy atom. The molecule has 0 saturated heterocycles. The summed E-state index contributed by atoms with van der Waals surface area (Å²) >= 11 is 12.3. The number of aryl methyl sites for hydroxylation is 1. The lowest BCUT2D eigenvalue weighted by Crippen LogP contribution is -2.06. The summed E-state index contributed by atoms with van der Waals surface area (Å²) in [6.45, 7) is 1.92. The minimum Gasteiger partial charge on any atom is -0.288 e. The normalized spacial score (nSPS) is 10.8. The van der Waals surface area contributed by atoms with Crippen LogP contribution in [0.3, 0.4) is 0 Å². The molecule has 104 valence electrons. The Kier molecular flexibility index (Phi) is 3.71. The summed E-state index contributed by atoms with van der Waals surface area (Å²) in [5.41, 5.74) is 1.93. The molecule has 0 unspecified atom stereocenters. The predicted molar refractivity (Wildman–Crippen MR) is 88.6 cm³/mol. The van der Waals surface area contributed by atoms with Crippen molar-refractivity contribution < 1.29 is 4.79 Å². The second-order valence-corrected chi connectivity index (χ2v) is 5.72. The zero-order chi connectivity index (χ0) is 15.0. The summed E-state index contributed by atoms with van der Waals surface area (Å²) in [4.78, 5) is 13.0. The first-order valence-electron chi connectivity index (χ1n) is 6.56. The van der Waals surface area contributed by atoms with Crippen molar-refractivity contribution in [2.75, 3.05) is 0 Å².